The highest BCUT2D eigenvalue weighted by Gasteiger charge is 2.39. The van der Waals surface area contributed by atoms with Crippen LogP contribution < -0.4 is 15.4 Å². The van der Waals surface area contributed by atoms with Gasteiger partial charge in [-0.3, -0.25) is 4.79 Å². The highest BCUT2D eigenvalue weighted by Crippen LogP contribution is 2.23. The Morgan fingerprint density at radius 1 is 1.18 bits per heavy atom. The van der Waals surface area contributed by atoms with Gasteiger partial charge in [0.2, 0.25) is 5.91 Å². The van der Waals surface area contributed by atoms with Crippen molar-refractivity contribution in [1.29, 1.82) is 0 Å². The first-order valence-corrected chi connectivity index (χ1v) is 9.02. The number of benzene rings is 2. The van der Waals surface area contributed by atoms with Crippen LogP contribution in [0.1, 0.15) is 13.3 Å². The minimum atomic E-state index is -0.867. The molecular formula is C20H22FN3O4. The summed E-state index contributed by atoms with van der Waals surface area (Å²) in [4.78, 5) is 26.4. The van der Waals surface area contributed by atoms with Gasteiger partial charge in [0.15, 0.2) is 0 Å². The molecule has 148 valence electrons. The van der Waals surface area contributed by atoms with Crippen molar-refractivity contribution in [3.63, 3.8) is 0 Å². The SMILES string of the molecule is CCOc1ccc(NC(=O)C2CC(O)CN2C(=O)Nc2ccccc2F)cc1. The van der Waals surface area contributed by atoms with E-state index in [1.807, 2.05) is 6.92 Å². The molecule has 7 nitrogen and oxygen atoms in total. The third kappa shape index (κ3) is 4.58. The lowest BCUT2D eigenvalue weighted by Crippen LogP contribution is -2.45. The zero-order valence-corrected chi connectivity index (χ0v) is 15.4. The molecule has 0 bridgehead atoms. The summed E-state index contributed by atoms with van der Waals surface area (Å²) in [5, 5.41) is 15.1. The van der Waals surface area contributed by atoms with E-state index in [0.717, 1.165) is 0 Å². The first-order chi connectivity index (χ1) is 13.5. The molecule has 0 aliphatic carbocycles. The van der Waals surface area contributed by atoms with Crippen LogP contribution in [0.4, 0.5) is 20.6 Å². The van der Waals surface area contributed by atoms with E-state index in [1.165, 1.54) is 23.1 Å². The zero-order chi connectivity index (χ0) is 20.1. The van der Waals surface area contributed by atoms with Gasteiger partial charge in [-0.15, -0.1) is 0 Å². The fourth-order valence-electron chi connectivity index (χ4n) is 3.06. The number of carbonyl (C=O) groups is 2. The van der Waals surface area contributed by atoms with Crippen molar-refractivity contribution in [2.24, 2.45) is 0 Å². The van der Waals surface area contributed by atoms with Crippen LogP contribution in [-0.2, 0) is 4.79 Å². The smallest absolute Gasteiger partial charge is 0.322 e. The van der Waals surface area contributed by atoms with Gasteiger partial charge >= 0.3 is 6.03 Å². The minimum absolute atomic E-state index is 0.0123. The fourth-order valence-corrected chi connectivity index (χ4v) is 3.06. The number of carbonyl (C=O) groups excluding carboxylic acids is 2. The van der Waals surface area contributed by atoms with Crippen molar-refractivity contribution in [3.05, 3.63) is 54.3 Å². The number of β-amino-alcohol motifs (C(OH)–C–C–N with tert-alkyl or cyclic N) is 1. The van der Waals surface area contributed by atoms with Gasteiger partial charge in [0, 0.05) is 18.7 Å². The molecule has 0 aromatic heterocycles. The molecule has 1 saturated heterocycles. The van der Waals surface area contributed by atoms with E-state index >= 15 is 0 Å². The van der Waals surface area contributed by atoms with Crippen LogP contribution in [0.2, 0.25) is 0 Å². The number of nitrogens with zero attached hydrogens (tertiary/aromatic N) is 1. The Bertz CT molecular complexity index is 844. The Labute approximate surface area is 162 Å². The van der Waals surface area contributed by atoms with Gasteiger partial charge < -0.3 is 25.4 Å². The molecule has 0 saturated carbocycles. The third-order valence-electron chi connectivity index (χ3n) is 4.39. The summed E-state index contributed by atoms with van der Waals surface area (Å²) in [6.07, 6.45) is -0.726. The van der Waals surface area contributed by atoms with Crippen molar-refractivity contribution < 1.29 is 23.8 Å². The Morgan fingerprint density at radius 2 is 1.89 bits per heavy atom. The lowest BCUT2D eigenvalue weighted by atomic mass is 10.2. The number of aliphatic hydroxyl groups is 1. The van der Waals surface area contributed by atoms with Gasteiger partial charge in [0.1, 0.15) is 17.6 Å². The highest BCUT2D eigenvalue weighted by atomic mass is 19.1. The molecule has 1 aliphatic heterocycles. The molecule has 2 aromatic carbocycles. The largest absolute Gasteiger partial charge is 0.494 e. The van der Waals surface area contributed by atoms with E-state index in [-0.39, 0.29) is 18.7 Å². The van der Waals surface area contributed by atoms with Crippen LogP contribution >= 0.6 is 0 Å². The first kappa shape index (κ1) is 19.6. The van der Waals surface area contributed by atoms with Crippen LogP contribution in [0.15, 0.2) is 48.5 Å². The molecule has 1 aliphatic rings. The van der Waals surface area contributed by atoms with Crippen molar-refractivity contribution in [1.82, 2.24) is 4.90 Å². The average molecular weight is 387 g/mol. The number of amides is 3. The monoisotopic (exact) mass is 387 g/mol. The summed E-state index contributed by atoms with van der Waals surface area (Å²) < 4.78 is 19.1. The van der Waals surface area contributed by atoms with E-state index in [9.17, 15) is 19.1 Å². The quantitative estimate of drug-likeness (QED) is 0.736. The number of urea groups is 1. The second-order valence-corrected chi connectivity index (χ2v) is 6.41. The molecule has 28 heavy (non-hydrogen) atoms. The number of hydrogen-bond donors (Lipinski definition) is 3. The van der Waals surface area contributed by atoms with E-state index in [2.05, 4.69) is 10.6 Å². The zero-order valence-electron chi connectivity index (χ0n) is 15.4. The molecule has 3 rings (SSSR count). The molecule has 8 heteroatoms. The van der Waals surface area contributed by atoms with Gasteiger partial charge in [0.25, 0.3) is 0 Å². The van der Waals surface area contributed by atoms with E-state index in [0.29, 0.717) is 18.0 Å². The van der Waals surface area contributed by atoms with E-state index in [1.54, 1.807) is 30.3 Å². The lowest BCUT2D eigenvalue weighted by Gasteiger charge is -2.24. The summed E-state index contributed by atoms with van der Waals surface area (Å²) in [6, 6.07) is 11.1. The molecule has 2 unspecified atom stereocenters. The average Bonchev–Trinajstić information content (AvgIpc) is 3.07. The lowest BCUT2D eigenvalue weighted by molar-refractivity contribution is -0.119. The first-order valence-electron chi connectivity index (χ1n) is 9.02. The summed E-state index contributed by atoms with van der Waals surface area (Å²) in [7, 11) is 0. The Balaban J connectivity index is 1.67. The maximum atomic E-state index is 13.8. The molecule has 3 N–H and O–H groups in total. The molecular weight excluding hydrogens is 365 g/mol. The fraction of sp³-hybridized carbons (Fsp3) is 0.300. The van der Waals surface area contributed by atoms with Crippen LogP contribution in [0.5, 0.6) is 5.75 Å². The van der Waals surface area contributed by atoms with Crippen LogP contribution in [0.25, 0.3) is 0 Å². The maximum Gasteiger partial charge on any atom is 0.322 e. The van der Waals surface area contributed by atoms with Crippen molar-refractivity contribution in [2.45, 2.75) is 25.5 Å². The molecule has 0 spiro atoms. The van der Waals surface area contributed by atoms with E-state index in [4.69, 9.17) is 4.74 Å². The normalized spacial score (nSPS) is 18.6. The Morgan fingerprint density at radius 3 is 2.57 bits per heavy atom. The van der Waals surface area contributed by atoms with Crippen LogP contribution in [0.3, 0.4) is 0 Å². The van der Waals surface area contributed by atoms with Gasteiger partial charge in [-0.1, -0.05) is 12.1 Å². The number of anilines is 2. The van der Waals surface area contributed by atoms with Crippen molar-refractivity contribution in [3.8, 4) is 5.75 Å². The summed E-state index contributed by atoms with van der Waals surface area (Å²) >= 11 is 0. The standard InChI is InChI=1S/C20H22FN3O4/c1-2-28-15-9-7-13(8-10-15)22-19(26)18-11-14(25)12-24(18)20(27)23-17-6-4-3-5-16(17)21/h3-10,14,18,25H,2,11-12H2,1H3,(H,22,26)(H,23,27). The topological polar surface area (TPSA) is 90.9 Å². The second kappa shape index (κ2) is 8.71. The predicted octanol–water partition coefficient (Wildman–Crippen LogP) is 2.83. The number of halogens is 1. The van der Waals surface area contributed by atoms with Gasteiger partial charge in [-0.2, -0.15) is 0 Å². The molecule has 2 atom stereocenters. The molecule has 3 amide bonds. The summed E-state index contributed by atoms with van der Waals surface area (Å²) in [6.45, 7) is 2.40. The van der Waals surface area contributed by atoms with Crippen molar-refractivity contribution in [2.75, 3.05) is 23.8 Å². The third-order valence-corrected chi connectivity index (χ3v) is 4.39. The Hall–Kier alpha value is -3.13. The molecule has 2 aromatic rings. The predicted molar refractivity (Wildman–Crippen MR) is 103 cm³/mol. The molecule has 1 heterocycles. The van der Waals surface area contributed by atoms with Crippen LogP contribution in [0, 0.1) is 5.82 Å². The number of hydrogen-bond acceptors (Lipinski definition) is 4. The second-order valence-electron chi connectivity index (χ2n) is 6.41. The summed E-state index contributed by atoms with van der Waals surface area (Å²) in [5.74, 6) is -0.321. The number of nitrogens with one attached hydrogen (secondary N) is 2. The Kier molecular flexibility index (Phi) is 6.10. The minimum Gasteiger partial charge on any atom is -0.494 e. The number of rotatable bonds is 5. The molecule has 1 fully saturated rings. The number of likely N-dealkylation sites (tertiary alicyclic amines) is 1. The van der Waals surface area contributed by atoms with Gasteiger partial charge in [0.05, 0.1) is 18.4 Å². The highest BCUT2D eigenvalue weighted by molar-refractivity contribution is 5.99. The molecule has 0 radical (unpaired) electrons. The maximum absolute atomic E-state index is 13.8. The number of para-hydroxylation sites is 1. The van der Waals surface area contributed by atoms with Crippen molar-refractivity contribution >= 4 is 23.3 Å². The summed E-state index contributed by atoms with van der Waals surface area (Å²) in [5.41, 5.74) is 0.559. The van der Waals surface area contributed by atoms with Crippen LogP contribution in [-0.4, -0.2) is 47.2 Å². The number of ether oxygens (including phenoxy) is 1. The van der Waals surface area contributed by atoms with E-state index < -0.39 is 29.9 Å². The van der Waals surface area contributed by atoms with Gasteiger partial charge in [-0.25, -0.2) is 9.18 Å². The number of aliphatic hydroxyl groups excluding tert-OH is 1. The van der Waals surface area contributed by atoms with Gasteiger partial charge in [-0.05, 0) is 43.3 Å².